The van der Waals surface area contributed by atoms with Crippen molar-refractivity contribution in [3.8, 4) is 0 Å². The summed E-state index contributed by atoms with van der Waals surface area (Å²) in [5, 5.41) is 0. The van der Waals surface area contributed by atoms with E-state index in [1.165, 1.54) is 19.2 Å². The van der Waals surface area contributed by atoms with E-state index in [4.69, 9.17) is 13.7 Å². The van der Waals surface area contributed by atoms with Crippen molar-refractivity contribution in [3.05, 3.63) is 29.8 Å². The van der Waals surface area contributed by atoms with Crippen molar-refractivity contribution in [2.45, 2.75) is 11.8 Å². The highest BCUT2D eigenvalue weighted by Crippen LogP contribution is 2.13. The Hall–Kier alpha value is -1.97. The fraction of sp³-hybridized carbons (Fsp3) is 0.467. The smallest absolute Gasteiger partial charge is 0.410 e. The first-order valence-electron chi connectivity index (χ1n) is 7.21. The van der Waals surface area contributed by atoms with Gasteiger partial charge in [-0.25, -0.2) is 4.79 Å². The number of benzene rings is 1. The molecule has 1 amide bonds. The van der Waals surface area contributed by atoms with Crippen molar-refractivity contribution >= 4 is 22.5 Å². The van der Waals surface area contributed by atoms with Gasteiger partial charge in [-0.1, -0.05) is 17.7 Å². The van der Waals surface area contributed by atoms with Gasteiger partial charge in [0, 0.05) is 13.7 Å². The molecule has 0 aliphatic rings. The van der Waals surface area contributed by atoms with E-state index in [0.29, 0.717) is 6.29 Å². The van der Waals surface area contributed by atoms with Crippen molar-refractivity contribution in [2.75, 3.05) is 40.0 Å². The Morgan fingerprint density at radius 3 is 2.42 bits per heavy atom. The summed E-state index contributed by atoms with van der Waals surface area (Å²) in [6, 6.07) is 6.18. The molecule has 0 radical (unpaired) electrons. The Balaban J connectivity index is 2.56. The van der Waals surface area contributed by atoms with Crippen LogP contribution in [0.25, 0.3) is 0 Å². The van der Waals surface area contributed by atoms with Gasteiger partial charge in [-0.2, -0.15) is 8.42 Å². The minimum atomic E-state index is -3.92. The summed E-state index contributed by atoms with van der Waals surface area (Å²) in [5.74, 6) is 0. The van der Waals surface area contributed by atoms with Crippen LogP contribution in [0.4, 0.5) is 4.79 Å². The molecule has 0 aromatic heterocycles. The lowest BCUT2D eigenvalue weighted by Crippen LogP contribution is -2.36. The number of carbonyl (C=O) groups is 2. The molecule has 0 bridgehead atoms. The Morgan fingerprint density at radius 1 is 1.17 bits per heavy atom. The number of ether oxygens (including phenoxy) is 2. The van der Waals surface area contributed by atoms with Gasteiger partial charge >= 0.3 is 6.09 Å². The second-order valence-electron chi connectivity index (χ2n) is 4.81. The highest BCUT2D eigenvalue weighted by Gasteiger charge is 2.18. The first-order chi connectivity index (χ1) is 11.4. The third-order valence-corrected chi connectivity index (χ3v) is 4.30. The van der Waals surface area contributed by atoms with Crippen LogP contribution in [0.2, 0.25) is 0 Å². The van der Waals surface area contributed by atoms with Crippen LogP contribution in [-0.4, -0.2) is 65.7 Å². The van der Waals surface area contributed by atoms with Gasteiger partial charge in [0.15, 0.2) is 0 Å². The van der Waals surface area contributed by atoms with Gasteiger partial charge in [-0.15, -0.1) is 0 Å². The number of aryl methyl sites for hydroxylation is 1. The standard InChI is InChI=1S/C15H21NO7S/c1-13-3-5-14(6-4-13)24(19,20)23-10-8-16(7-9-17)15(18)22-12-11-21-2/h3-6,9H,7-8,10-12H2,1-2H3. The number of rotatable bonds is 10. The third-order valence-electron chi connectivity index (χ3n) is 2.98. The minimum Gasteiger partial charge on any atom is -0.447 e. The quantitative estimate of drug-likeness (QED) is 0.349. The van der Waals surface area contributed by atoms with E-state index < -0.39 is 16.2 Å². The highest BCUT2D eigenvalue weighted by atomic mass is 32.2. The van der Waals surface area contributed by atoms with Crippen LogP contribution in [0.15, 0.2) is 29.2 Å². The van der Waals surface area contributed by atoms with Crippen molar-refractivity contribution in [2.24, 2.45) is 0 Å². The largest absolute Gasteiger partial charge is 0.447 e. The number of methoxy groups -OCH3 is 1. The zero-order valence-corrected chi connectivity index (χ0v) is 14.5. The normalized spacial score (nSPS) is 11.1. The highest BCUT2D eigenvalue weighted by molar-refractivity contribution is 7.86. The van der Waals surface area contributed by atoms with Crippen LogP contribution in [0.5, 0.6) is 0 Å². The zero-order valence-electron chi connectivity index (χ0n) is 13.6. The Bertz CT molecular complexity index is 628. The number of nitrogens with zero attached hydrogens (tertiary/aromatic N) is 1. The lowest BCUT2D eigenvalue weighted by atomic mass is 10.2. The number of carbonyl (C=O) groups excluding carboxylic acids is 2. The summed E-state index contributed by atoms with van der Waals surface area (Å²) in [6.45, 7) is 1.48. The van der Waals surface area contributed by atoms with Crippen molar-refractivity contribution in [1.82, 2.24) is 4.90 Å². The van der Waals surface area contributed by atoms with Crippen LogP contribution < -0.4 is 0 Å². The maximum absolute atomic E-state index is 12.0. The van der Waals surface area contributed by atoms with Crippen LogP contribution >= 0.6 is 0 Å². The van der Waals surface area contributed by atoms with E-state index in [1.807, 2.05) is 6.92 Å². The molecule has 0 aliphatic heterocycles. The van der Waals surface area contributed by atoms with Gasteiger partial charge < -0.3 is 14.3 Å². The zero-order chi connectivity index (χ0) is 18.0. The van der Waals surface area contributed by atoms with Crippen LogP contribution in [-0.2, 0) is 28.6 Å². The summed E-state index contributed by atoms with van der Waals surface area (Å²) in [7, 11) is -2.46. The van der Waals surface area contributed by atoms with E-state index in [9.17, 15) is 18.0 Å². The fourth-order valence-corrected chi connectivity index (χ4v) is 2.58. The summed E-state index contributed by atoms with van der Waals surface area (Å²) in [5.41, 5.74) is 0.921. The molecule has 8 nitrogen and oxygen atoms in total. The minimum absolute atomic E-state index is 0.0257. The molecule has 0 N–H and O–H groups in total. The van der Waals surface area contributed by atoms with Crippen LogP contribution in [0.1, 0.15) is 5.56 Å². The van der Waals surface area contributed by atoms with Crippen molar-refractivity contribution < 1.29 is 31.7 Å². The first kappa shape index (κ1) is 20.1. The Labute approximate surface area is 141 Å². The molecule has 0 saturated carbocycles. The number of amides is 1. The van der Waals surface area contributed by atoms with E-state index in [2.05, 4.69) is 0 Å². The van der Waals surface area contributed by atoms with E-state index in [1.54, 1.807) is 12.1 Å². The molecule has 0 atom stereocenters. The fourth-order valence-electron chi connectivity index (χ4n) is 1.68. The molecular formula is C15H21NO7S. The second-order valence-corrected chi connectivity index (χ2v) is 6.42. The van der Waals surface area contributed by atoms with Gasteiger partial charge in [0.05, 0.1) is 24.7 Å². The number of aldehydes is 1. The second kappa shape index (κ2) is 10.0. The van der Waals surface area contributed by atoms with Gasteiger partial charge in [0.2, 0.25) is 0 Å². The molecular weight excluding hydrogens is 338 g/mol. The predicted octanol–water partition coefficient (Wildman–Crippen LogP) is 0.984. The third kappa shape index (κ3) is 6.65. The van der Waals surface area contributed by atoms with Crippen LogP contribution in [0, 0.1) is 6.92 Å². The molecule has 9 heteroatoms. The summed E-state index contributed by atoms with van der Waals surface area (Å²) in [4.78, 5) is 23.5. The lowest BCUT2D eigenvalue weighted by Gasteiger charge is -2.19. The summed E-state index contributed by atoms with van der Waals surface area (Å²) < 4.78 is 38.6. The Kier molecular flexibility index (Phi) is 8.37. The van der Waals surface area contributed by atoms with Gasteiger partial charge in [0.25, 0.3) is 10.1 Å². The molecule has 24 heavy (non-hydrogen) atoms. The van der Waals surface area contributed by atoms with Gasteiger partial charge in [-0.05, 0) is 19.1 Å². The molecule has 0 unspecified atom stereocenters. The molecule has 0 heterocycles. The molecule has 1 aromatic carbocycles. The molecule has 1 aromatic rings. The molecule has 0 aliphatic carbocycles. The molecule has 134 valence electrons. The van der Waals surface area contributed by atoms with E-state index >= 15 is 0 Å². The van der Waals surface area contributed by atoms with Gasteiger partial charge in [-0.3, -0.25) is 9.08 Å². The average Bonchev–Trinajstić information content (AvgIpc) is 2.54. The van der Waals surface area contributed by atoms with Crippen molar-refractivity contribution in [1.29, 1.82) is 0 Å². The van der Waals surface area contributed by atoms with E-state index in [-0.39, 0.29) is 37.8 Å². The lowest BCUT2D eigenvalue weighted by molar-refractivity contribution is -0.108. The molecule has 1 rings (SSSR count). The SMILES string of the molecule is COCCOC(=O)N(CC=O)CCOS(=O)(=O)c1ccc(C)cc1. The Morgan fingerprint density at radius 2 is 1.83 bits per heavy atom. The maximum atomic E-state index is 12.0. The average molecular weight is 359 g/mol. The van der Waals surface area contributed by atoms with Gasteiger partial charge in [0.1, 0.15) is 12.9 Å². The predicted molar refractivity (Wildman–Crippen MR) is 85.2 cm³/mol. The van der Waals surface area contributed by atoms with Crippen LogP contribution in [0.3, 0.4) is 0 Å². The number of hydrogen-bond acceptors (Lipinski definition) is 7. The number of hydrogen-bond donors (Lipinski definition) is 0. The molecule has 0 fully saturated rings. The summed E-state index contributed by atoms with van der Waals surface area (Å²) in [6.07, 6.45) is -0.220. The first-order valence-corrected chi connectivity index (χ1v) is 8.62. The monoisotopic (exact) mass is 359 g/mol. The summed E-state index contributed by atoms with van der Waals surface area (Å²) >= 11 is 0. The van der Waals surface area contributed by atoms with Crippen molar-refractivity contribution in [3.63, 3.8) is 0 Å². The molecule has 0 spiro atoms. The molecule has 0 saturated heterocycles. The topological polar surface area (TPSA) is 99.2 Å². The van der Waals surface area contributed by atoms with E-state index in [0.717, 1.165) is 10.5 Å². The maximum Gasteiger partial charge on any atom is 0.410 e.